The fraction of sp³-hybridized carbons (Fsp3) is 0.292. The van der Waals surface area contributed by atoms with Gasteiger partial charge in [0.1, 0.15) is 5.75 Å². The third kappa shape index (κ3) is 5.72. The number of esters is 1. The van der Waals surface area contributed by atoms with Crippen LogP contribution in [0, 0.1) is 5.92 Å². The highest BCUT2D eigenvalue weighted by Crippen LogP contribution is 2.25. The number of carbonyl (C=O) groups is 3. The lowest BCUT2D eigenvalue weighted by atomic mass is 9.96. The van der Waals surface area contributed by atoms with E-state index < -0.39 is 5.97 Å². The van der Waals surface area contributed by atoms with Crippen LogP contribution >= 0.6 is 0 Å². The van der Waals surface area contributed by atoms with E-state index in [2.05, 4.69) is 0 Å². The van der Waals surface area contributed by atoms with E-state index in [-0.39, 0.29) is 24.3 Å². The molecule has 7 nitrogen and oxygen atoms in total. The number of hydrogen-bond acceptors (Lipinski definition) is 5. The molecule has 0 unspecified atom stereocenters. The Morgan fingerprint density at radius 1 is 1.03 bits per heavy atom. The summed E-state index contributed by atoms with van der Waals surface area (Å²) in [4.78, 5) is 38.3. The van der Waals surface area contributed by atoms with Crippen molar-refractivity contribution in [2.45, 2.75) is 12.8 Å². The Labute approximate surface area is 181 Å². The molecule has 2 amide bonds. The summed E-state index contributed by atoms with van der Waals surface area (Å²) >= 11 is 0. The number of carbonyl (C=O) groups excluding carboxylic acids is 3. The quantitative estimate of drug-likeness (QED) is 0.420. The first-order valence-corrected chi connectivity index (χ1v) is 10.1. The van der Waals surface area contributed by atoms with Crippen molar-refractivity contribution in [2.75, 3.05) is 26.8 Å². The summed E-state index contributed by atoms with van der Waals surface area (Å²) in [5.41, 5.74) is 7.05. The molecule has 31 heavy (non-hydrogen) atoms. The maximum Gasteiger partial charge on any atom is 0.339 e. The van der Waals surface area contributed by atoms with Crippen LogP contribution in [-0.2, 0) is 19.1 Å². The maximum atomic E-state index is 12.9. The van der Waals surface area contributed by atoms with Crippen LogP contribution in [0.25, 0.3) is 11.6 Å². The number of piperidine rings is 1. The van der Waals surface area contributed by atoms with Gasteiger partial charge in [-0.25, -0.2) is 4.79 Å². The smallest absolute Gasteiger partial charge is 0.339 e. The predicted octanol–water partition coefficient (Wildman–Crippen LogP) is 2.50. The zero-order valence-corrected chi connectivity index (χ0v) is 17.5. The zero-order valence-electron chi connectivity index (χ0n) is 17.5. The van der Waals surface area contributed by atoms with Crippen LogP contribution in [0.3, 0.4) is 0 Å². The number of para-hydroxylation sites is 1. The molecule has 1 saturated heterocycles. The fourth-order valence-corrected chi connectivity index (χ4v) is 3.53. The van der Waals surface area contributed by atoms with Gasteiger partial charge >= 0.3 is 5.97 Å². The lowest BCUT2D eigenvalue weighted by Crippen LogP contribution is -2.43. The highest BCUT2D eigenvalue weighted by atomic mass is 16.5. The van der Waals surface area contributed by atoms with Crippen LogP contribution < -0.4 is 10.5 Å². The molecule has 0 aliphatic carbocycles. The van der Waals surface area contributed by atoms with Crippen molar-refractivity contribution in [2.24, 2.45) is 11.7 Å². The first-order valence-electron chi connectivity index (χ1n) is 10.1. The first kappa shape index (κ1) is 22.1. The predicted molar refractivity (Wildman–Crippen MR) is 117 cm³/mol. The Balaban J connectivity index is 1.72. The molecule has 3 rings (SSSR count). The molecule has 7 heteroatoms. The van der Waals surface area contributed by atoms with Crippen LogP contribution in [0.2, 0.25) is 0 Å². The van der Waals surface area contributed by atoms with E-state index in [4.69, 9.17) is 15.2 Å². The molecule has 1 aliphatic rings. The molecule has 0 radical (unpaired) electrons. The highest BCUT2D eigenvalue weighted by Gasteiger charge is 2.26. The van der Waals surface area contributed by atoms with E-state index in [0.29, 0.717) is 42.8 Å². The van der Waals surface area contributed by atoms with Gasteiger partial charge in [-0.15, -0.1) is 0 Å². The summed E-state index contributed by atoms with van der Waals surface area (Å²) < 4.78 is 10.7. The van der Waals surface area contributed by atoms with E-state index in [9.17, 15) is 14.4 Å². The van der Waals surface area contributed by atoms with Gasteiger partial charge in [0.15, 0.2) is 6.61 Å². The Kier molecular flexibility index (Phi) is 7.43. The summed E-state index contributed by atoms with van der Waals surface area (Å²) in [6.45, 7) is 0.481. The second kappa shape index (κ2) is 10.4. The normalized spacial score (nSPS) is 14.7. The van der Waals surface area contributed by atoms with Crippen LogP contribution in [-0.4, -0.2) is 49.5 Å². The van der Waals surface area contributed by atoms with Gasteiger partial charge in [-0.2, -0.15) is 0 Å². The van der Waals surface area contributed by atoms with Gasteiger partial charge in [0.05, 0.1) is 12.7 Å². The van der Waals surface area contributed by atoms with Gasteiger partial charge in [0, 0.05) is 24.6 Å². The summed E-state index contributed by atoms with van der Waals surface area (Å²) in [7, 11) is 1.56. The van der Waals surface area contributed by atoms with Crippen molar-refractivity contribution in [3.05, 3.63) is 65.7 Å². The monoisotopic (exact) mass is 422 g/mol. The molecule has 1 fully saturated rings. The number of rotatable bonds is 7. The van der Waals surface area contributed by atoms with E-state index in [1.807, 2.05) is 36.4 Å². The number of primary amides is 1. The molecule has 162 valence electrons. The van der Waals surface area contributed by atoms with Crippen molar-refractivity contribution in [3.63, 3.8) is 0 Å². The molecular weight excluding hydrogens is 396 g/mol. The summed E-state index contributed by atoms with van der Waals surface area (Å²) in [5, 5.41) is 0. The largest absolute Gasteiger partial charge is 0.496 e. The molecule has 2 N–H and O–H groups in total. The molecule has 0 bridgehead atoms. The van der Waals surface area contributed by atoms with E-state index >= 15 is 0 Å². The van der Waals surface area contributed by atoms with Crippen LogP contribution in [0.4, 0.5) is 0 Å². The first-order chi connectivity index (χ1) is 15.0. The minimum atomic E-state index is -0.600. The van der Waals surface area contributed by atoms with Crippen molar-refractivity contribution < 1.29 is 23.9 Å². The molecule has 1 aliphatic heterocycles. The van der Waals surface area contributed by atoms with Crippen molar-refractivity contribution in [1.29, 1.82) is 0 Å². The van der Waals surface area contributed by atoms with Crippen LogP contribution in [0.1, 0.15) is 24.0 Å². The van der Waals surface area contributed by atoms with E-state index in [0.717, 1.165) is 5.56 Å². The molecule has 0 spiro atoms. The summed E-state index contributed by atoms with van der Waals surface area (Å²) in [6.07, 6.45) is 2.75. The highest BCUT2D eigenvalue weighted by molar-refractivity contribution is 6.22. The average molecular weight is 422 g/mol. The SMILES string of the molecule is COc1ccccc1/C=C(/C(=O)OCC(=O)N1CCC(C(N)=O)CC1)c1ccccc1. The second-order valence-corrected chi connectivity index (χ2v) is 7.30. The topological polar surface area (TPSA) is 98.9 Å². The Bertz CT molecular complexity index is 963. The minimum absolute atomic E-state index is 0.208. The standard InChI is InChI=1S/C24H26N2O5/c1-30-21-10-6-5-9-19(21)15-20(17-7-3-2-4-8-17)24(29)31-16-22(27)26-13-11-18(12-14-26)23(25)28/h2-10,15,18H,11-14,16H2,1H3,(H2,25,28)/b20-15+. The molecule has 0 atom stereocenters. The van der Waals surface area contributed by atoms with Gasteiger partial charge in [-0.05, 0) is 30.5 Å². The molecular formula is C24H26N2O5. The van der Waals surface area contributed by atoms with E-state index in [1.54, 1.807) is 36.3 Å². The second-order valence-electron chi connectivity index (χ2n) is 7.30. The van der Waals surface area contributed by atoms with Crippen molar-refractivity contribution in [1.82, 2.24) is 4.90 Å². The average Bonchev–Trinajstić information content (AvgIpc) is 2.81. The number of nitrogens with two attached hydrogens (primary N) is 1. The summed E-state index contributed by atoms with van der Waals surface area (Å²) in [5.74, 6) is -0.817. The molecule has 0 saturated carbocycles. The lowest BCUT2D eigenvalue weighted by Gasteiger charge is -2.30. The van der Waals surface area contributed by atoms with Gasteiger partial charge in [0.2, 0.25) is 5.91 Å². The number of hydrogen-bond donors (Lipinski definition) is 1. The zero-order chi connectivity index (χ0) is 22.2. The number of nitrogens with zero attached hydrogens (tertiary/aromatic N) is 1. The van der Waals surface area contributed by atoms with Gasteiger partial charge < -0.3 is 20.1 Å². The lowest BCUT2D eigenvalue weighted by molar-refractivity contribution is -0.148. The third-order valence-corrected chi connectivity index (χ3v) is 5.32. The molecule has 2 aromatic rings. The van der Waals surface area contributed by atoms with Gasteiger partial charge in [0.25, 0.3) is 5.91 Å². The van der Waals surface area contributed by atoms with Crippen molar-refractivity contribution in [3.8, 4) is 5.75 Å². The molecule has 0 aromatic heterocycles. The maximum absolute atomic E-state index is 12.9. The third-order valence-electron chi connectivity index (χ3n) is 5.32. The Hall–Kier alpha value is -3.61. The number of ether oxygens (including phenoxy) is 2. The fourth-order valence-electron chi connectivity index (χ4n) is 3.53. The minimum Gasteiger partial charge on any atom is -0.496 e. The number of methoxy groups -OCH3 is 1. The molecule has 1 heterocycles. The van der Waals surface area contributed by atoms with E-state index in [1.165, 1.54) is 0 Å². The van der Waals surface area contributed by atoms with Gasteiger partial charge in [-0.1, -0.05) is 48.5 Å². The number of benzene rings is 2. The number of amides is 2. The molecule has 2 aromatic carbocycles. The number of likely N-dealkylation sites (tertiary alicyclic amines) is 1. The summed E-state index contributed by atoms with van der Waals surface area (Å²) in [6, 6.07) is 16.5. The Morgan fingerprint density at radius 3 is 2.32 bits per heavy atom. The van der Waals surface area contributed by atoms with Crippen LogP contribution in [0.5, 0.6) is 5.75 Å². The van der Waals surface area contributed by atoms with Gasteiger partial charge in [-0.3, -0.25) is 9.59 Å². The Morgan fingerprint density at radius 2 is 1.68 bits per heavy atom. The van der Waals surface area contributed by atoms with Crippen LogP contribution in [0.15, 0.2) is 54.6 Å². The van der Waals surface area contributed by atoms with Crippen molar-refractivity contribution >= 4 is 29.4 Å².